The Morgan fingerprint density at radius 2 is 1.74 bits per heavy atom. The van der Waals surface area contributed by atoms with Gasteiger partial charge in [-0.1, -0.05) is 31.5 Å². The van der Waals surface area contributed by atoms with Gasteiger partial charge in [0.05, 0.1) is 18.8 Å². The van der Waals surface area contributed by atoms with Crippen LogP contribution in [0.2, 0.25) is 0 Å². The van der Waals surface area contributed by atoms with Crippen molar-refractivity contribution in [3.05, 3.63) is 35.9 Å². The number of aliphatic hydroxyl groups is 2. The van der Waals surface area contributed by atoms with Gasteiger partial charge in [0, 0.05) is 12.1 Å². The minimum Gasteiger partial charge on any atom is -0.394 e. The quantitative estimate of drug-likeness (QED) is 0.788. The molecule has 0 bridgehead atoms. The molecule has 0 atom stereocenters. The molecule has 0 unspecified atom stereocenters. The Morgan fingerprint density at radius 3 is 2.16 bits per heavy atom. The summed E-state index contributed by atoms with van der Waals surface area (Å²) >= 11 is 0. The van der Waals surface area contributed by atoms with Crippen LogP contribution in [0.1, 0.15) is 37.0 Å². The lowest BCUT2D eigenvalue weighted by Gasteiger charge is -2.41. The Kier molecular flexibility index (Phi) is 5.99. The van der Waals surface area contributed by atoms with Crippen LogP contribution in [0.25, 0.3) is 0 Å². The zero-order valence-electron chi connectivity index (χ0n) is 11.7. The Balaban J connectivity index is 3.07. The number of benzene rings is 1. The molecule has 1 aromatic rings. The molecule has 1 amide bonds. The van der Waals surface area contributed by atoms with Crippen LogP contribution in [0.4, 0.5) is 0 Å². The molecule has 0 aliphatic rings. The summed E-state index contributed by atoms with van der Waals surface area (Å²) in [7, 11) is 0. The second-order valence-electron chi connectivity index (χ2n) is 4.71. The van der Waals surface area contributed by atoms with Gasteiger partial charge in [0.2, 0.25) is 0 Å². The molecule has 0 aliphatic heterocycles. The summed E-state index contributed by atoms with van der Waals surface area (Å²) < 4.78 is 0. The first-order valence-corrected chi connectivity index (χ1v) is 6.74. The van der Waals surface area contributed by atoms with E-state index in [9.17, 15) is 15.0 Å². The van der Waals surface area contributed by atoms with Crippen LogP contribution in [-0.2, 0) is 0 Å². The van der Waals surface area contributed by atoms with Gasteiger partial charge in [-0.25, -0.2) is 0 Å². The number of carbonyl (C=O) groups is 1. The van der Waals surface area contributed by atoms with E-state index >= 15 is 0 Å². The summed E-state index contributed by atoms with van der Waals surface area (Å²) in [4.78, 5) is 14.1. The third-order valence-corrected chi connectivity index (χ3v) is 3.46. The predicted octanol–water partition coefficient (Wildman–Crippen LogP) is 1.67. The first-order valence-electron chi connectivity index (χ1n) is 6.74. The van der Waals surface area contributed by atoms with Crippen molar-refractivity contribution in [1.29, 1.82) is 0 Å². The molecule has 4 heteroatoms. The lowest BCUT2D eigenvalue weighted by molar-refractivity contribution is -0.00879. The maximum absolute atomic E-state index is 12.5. The van der Waals surface area contributed by atoms with Crippen molar-refractivity contribution in [2.45, 2.75) is 32.2 Å². The van der Waals surface area contributed by atoms with Gasteiger partial charge in [-0.05, 0) is 25.5 Å². The maximum Gasteiger partial charge on any atom is 0.254 e. The van der Waals surface area contributed by atoms with Crippen LogP contribution in [0.15, 0.2) is 30.3 Å². The van der Waals surface area contributed by atoms with Crippen molar-refractivity contribution in [1.82, 2.24) is 4.90 Å². The van der Waals surface area contributed by atoms with Gasteiger partial charge in [-0.2, -0.15) is 0 Å². The lowest BCUT2D eigenvalue weighted by Crippen LogP contribution is -2.56. The largest absolute Gasteiger partial charge is 0.394 e. The van der Waals surface area contributed by atoms with Crippen LogP contribution in [0, 0.1) is 0 Å². The molecule has 1 rings (SSSR count). The maximum atomic E-state index is 12.5. The highest BCUT2D eigenvalue weighted by Crippen LogP contribution is 2.23. The van der Waals surface area contributed by atoms with E-state index in [1.807, 2.05) is 19.9 Å². The summed E-state index contributed by atoms with van der Waals surface area (Å²) in [5.41, 5.74) is -0.303. The van der Waals surface area contributed by atoms with Gasteiger partial charge in [0.25, 0.3) is 5.91 Å². The van der Waals surface area contributed by atoms with Crippen LogP contribution >= 0.6 is 0 Å². The summed E-state index contributed by atoms with van der Waals surface area (Å²) in [6.07, 6.45) is 1.37. The van der Waals surface area contributed by atoms with Gasteiger partial charge in [-0.15, -0.1) is 0 Å². The van der Waals surface area contributed by atoms with Crippen LogP contribution in [0.5, 0.6) is 0 Å². The number of amides is 1. The van der Waals surface area contributed by atoms with Crippen molar-refractivity contribution in [2.75, 3.05) is 19.8 Å². The van der Waals surface area contributed by atoms with E-state index < -0.39 is 5.54 Å². The van der Waals surface area contributed by atoms with Gasteiger partial charge in [0.15, 0.2) is 0 Å². The molecular formula is C15H23NO3. The minimum absolute atomic E-state index is 0.153. The molecular weight excluding hydrogens is 242 g/mol. The number of hydrogen-bond acceptors (Lipinski definition) is 3. The van der Waals surface area contributed by atoms with Gasteiger partial charge in [0.1, 0.15) is 0 Å². The molecule has 106 valence electrons. The van der Waals surface area contributed by atoms with Crippen LogP contribution < -0.4 is 0 Å². The fraction of sp³-hybridized carbons (Fsp3) is 0.533. The molecule has 19 heavy (non-hydrogen) atoms. The highest BCUT2D eigenvalue weighted by atomic mass is 16.3. The van der Waals surface area contributed by atoms with E-state index in [-0.39, 0.29) is 19.1 Å². The minimum atomic E-state index is -0.879. The number of rotatable bonds is 7. The fourth-order valence-electron chi connectivity index (χ4n) is 2.41. The summed E-state index contributed by atoms with van der Waals surface area (Å²) in [6, 6.07) is 8.96. The van der Waals surface area contributed by atoms with Gasteiger partial charge >= 0.3 is 0 Å². The monoisotopic (exact) mass is 265 g/mol. The molecule has 0 aliphatic carbocycles. The van der Waals surface area contributed by atoms with Crippen molar-refractivity contribution in [3.63, 3.8) is 0 Å². The van der Waals surface area contributed by atoms with E-state index in [0.29, 0.717) is 18.5 Å². The predicted molar refractivity (Wildman–Crippen MR) is 75.0 cm³/mol. The van der Waals surface area contributed by atoms with E-state index in [0.717, 1.165) is 6.42 Å². The van der Waals surface area contributed by atoms with Crippen LogP contribution in [0.3, 0.4) is 0 Å². The second kappa shape index (κ2) is 7.26. The normalized spacial score (nSPS) is 11.4. The Morgan fingerprint density at radius 1 is 1.16 bits per heavy atom. The highest BCUT2D eigenvalue weighted by Gasteiger charge is 2.37. The molecule has 0 heterocycles. The SMILES string of the molecule is CCCC(CO)(CO)N(CC)C(=O)c1ccccc1. The van der Waals surface area contributed by atoms with Gasteiger partial charge in [-0.3, -0.25) is 4.79 Å². The third-order valence-electron chi connectivity index (χ3n) is 3.46. The lowest BCUT2D eigenvalue weighted by atomic mass is 9.92. The number of hydrogen-bond donors (Lipinski definition) is 2. The third kappa shape index (κ3) is 3.33. The number of aliphatic hydroxyl groups excluding tert-OH is 2. The Labute approximate surface area is 114 Å². The average Bonchev–Trinajstić information content (AvgIpc) is 2.47. The first-order chi connectivity index (χ1) is 9.15. The highest BCUT2D eigenvalue weighted by molar-refractivity contribution is 5.94. The standard InChI is InChI=1S/C15H23NO3/c1-3-10-15(11-17,12-18)16(4-2)14(19)13-8-6-5-7-9-13/h5-9,17-18H,3-4,10-12H2,1-2H3. The zero-order valence-corrected chi connectivity index (χ0v) is 11.7. The number of nitrogens with zero attached hydrogens (tertiary/aromatic N) is 1. The Bertz CT molecular complexity index is 388. The molecule has 0 saturated carbocycles. The van der Waals surface area contributed by atoms with Crippen molar-refractivity contribution < 1.29 is 15.0 Å². The first kappa shape index (κ1) is 15.7. The summed E-state index contributed by atoms with van der Waals surface area (Å²) in [6.45, 7) is 3.82. The molecule has 2 N–H and O–H groups in total. The van der Waals surface area contributed by atoms with E-state index in [4.69, 9.17) is 0 Å². The Hall–Kier alpha value is -1.39. The molecule has 0 saturated heterocycles. The zero-order chi connectivity index (χ0) is 14.3. The van der Waals surface area contributed by atoms with Crippen molar-refractivity contribution in [2.24, 2.45) is 0 Å². The van der Waals surface area contributed by atoms with E-state index in [1.165, 1.54) is 0 Å². The average molecular weight is 265 g/mol. The van der Waals surface area contributed by atoms with Crippen molar-refractivity contribution >= 4 is 5.91 Å². The fourth-order valence-corrected chi connectivity index (χ4v) is 2.41. The molecule has 0 radical (unpaired) electrons. The molecule has 1 aromatic carbocycles. The molecule has 0 fully saturated rings. The molecule has 0 aromatic heterocycles. The van der Waals surface area contributed by atoms with E-state index in [1.54, 1.807) is 29.2 Å². The smallest absolute Gasteiger partial charge is 0.254 e. The number of carbonyl (C=O) groups excluding carboxylic acids is 1. The number of likely N-dealkylation sites (N-methyl/N-ethyl adjacent to an activating group) is 1. The van der Waals surface area contributed by atoms with Gasteiger partial charge < -0.3 is 15.1 Å². The molecule has 4 nitrogen and oxygen atoms in total. The van der Waals surface area contributed by atoms with Crippen molar-refractivity contribution in [3.8, 4) is 0 Å². The molecule has 0 spiro atoms. The van der Waals surface area contributed by atoms with E-state index in [2.05, 4.69) is 0 Å². The summed E-state index contributed by atoms with van der Waals surface area (Å²) in [5, 5.41) is 19.3. The summed E-state index contributed by atoms with van der Waals surface area (Å²) in [5.74, 6) is -0.153. The topological polar surface area (TPSA) is 60.8 Å². The van der Waals surface area contributed by atoms with Crippen LogP contribution in [-0.4, -0.2) is 46.3 Å². The second-order valence-corrected chi connectivity index (χ2v) is 4.71.